The maximum Gasteiger partial charge on any atom is 0.222 e. The molecule has 0 amide bonds. The van der Waals surface area contributed by atoms with Gasteiger partial charge in [0.2, 0.25) is 5.95 Å². The summed E-state index contributed by atoms with van der Waals surface area (Å²) >= 11 is 0. The van der Waals surface area contributed by atoms with Crippen molar-refractivity contribution in [2.45, 2.75) is 52.2 Å². The van der Waals surface area contributed by atoms with Crippen LogP contribution in [0, 0.1) is 11.8 Å². The maximum atomic E-state index is 5.55. The average molecular weight is 346 g/mol. The fourth-order valence-corrected chi connectivity index (χ4v) is 3.32. The van der Waals surface area contributed by atoms with E-state index in [0.717, 1.165) is 37.6 Å². The van der Waals surface area contributed by atoms with Gasteiger partial charge in [-0.2, -0.15) is 0 Å². The predicted octanol–water partition coefficient (Wildman–Crippen LogP) is 3.26. The van der Waals surface area contributed by atoms with Crippen molar-refractivity contribution in [3.8, 4) is 0 Å². The average Bonchev–Trinajstić information content (AvgIpc) is 3.17. The van der Waals surface area contributed by atoms with Crippen molar-refractivity contribution in [2.75, 3.05) is 31.6 Å². The molecule has 0 aliphatic carbocycles. The molecule has 0 bridgehead atoms. The third-order valence-corrected chi connectivity index (χ3v) is 5.22. The highest BCUT2D eigenvalue weighted by molar-refractivity contribution is 5.88. The van der Waals surface area contributed by atoms with Crippen molar-refractivity contribution in [3.63, 3.8) is 0 Å². The molecule has 2 atom stereocenters. The Labute approximate surface area is 150 Å². The molecule has 0 radical (unpaired) electrons. The van der Waals surface area contributed by atoms with E-state index < -0.39 is 0 Å². The van der Waals surface area contributed by atoms with E-state index in [0.29, 0.717) is 31.0 Å². The zero-order chi connectivity index (χ0) is 17.6. The Morgan fingerprint density at radius 1 is 1.16 bits per heavy atom. The normalized spacial score (nSPS) is 22.9. The molecule has 1 fully saturated rings. The number of aliphatic imine (C=N–C) groups is 1. The Balaban J connectivity index is 1.40. The largest absolute Gasteiger partial charge is 0.354 e. The highest BCUT2D eigenvalue weighted by atomic mass is 16.7. The first-order valence-electron chi connectivity index (χ1n) is 9.45. The van der Waals surface area contributed by atoms with Crippen molar-refractivity contribution in [2.24, 2.45) is 16.8 Å². The molecule has 0 saturated carbocycles. The van der Waals surface area contributed by atoms with E-state index in [1.807, 2.05) is 12.4 Å². The Bertz CT molecular complexity index is 567. The second-order valence-electron chi connectivity index (χ2n) is 7.39. The number of hydrogen-bond acceptors (Lipinski definition) is 6. The predicted molar refractivity (Wildman–Crippen MR) is 99.1 cm³/mol. The number of nitrogens with one attached hydrogen (secondary N) is 1. The van der Waals surface area contributed by atoms with E-state index in [9.17, 15) is 0 Å². The first kappa shape index (κ1) is 18.3. The number of hydrogen-bond donors (Lipinski definition) is 1. The molecule has 3 heterocycles. The second kappa shape index (κ2) is 8.72. The van der Waals surface area contributed by atoms with Crippen LogP contribution in [-0.2, 0) is 9.47 Å². The maximum absolute atomic E-state index is 5.55. The molecule has 3 rings (SSSR count). The van der Waals surface area contributed by atoms with Gasteiger partial charge in [0.25, 0.3) is 0 Å². The lowest BCUT2D eigenvalue weighted by Gasteiger charge is -2.28. The van der Waals surface area contributed by atoms with E-state index in [-0.39, 0.29) is 6.29 Å². The number of nitrogens with zero attached hydrogens (tertiary/aromatic N) is 3. The number of aromatic nitrogens is 2. The third kappa shape index (κ3) is 4.98. The standard InChI is InChI=1S/C19H30N4O2/c1-13(2)16-11-22-19(23-12-16)20-7-6-14(3)15-4-5-17(21-10-15)18-24-8-9-25-18/h11-15,18H,4-10H2,1-3H3,(H,20,22,23). The van der Waals surface area contributed by atoms with E-state index >= 15 is 0 Å². The van der Waals surface area contributed by atoms with Crippen molar-refractivity contribution in [3.05, 3.63) is 18.0 Å². The molecule has 2 aliphatic rings. The van der Waals surface area contributed by atoms with Gasteiger partial charge in [0, 0.05) is 25.5 Å². The van der Waals surface area contributed by atoms with Crippen LogP contribution in [-0.4, -0.2) is 48.3 Å². The zero-order valence-corrected chi connectivity index (χ0v) is 15.6. The van der Waals surface area contributed by atoms with Gasteiger partial charge in [-0.25, -0.2) is 9.97 Å². The van der Waals surface area contributed by atoms with Crippen LogP contribution in [0.2, 0.25) is 0 Å². The van der Waals surface area contributed by atoms with Crippen LogP contribution in [0.25, 0.3) is 0 Å². The van der Waals surface area contributed by atoms with Crippen molar-refractivity contribution in [1.82, 2.24) is 9.97 Å². The minimum absolute atomic E-state index is 0.177. The van der Waals surface area contributed by atoms with Crippen molar-refractivity contribution < 1.29 is 9.47 Å². The van der Waals surface area contributed by atoms with Gasteiger partial charge >= 0.3 is 0 Å². The molecular weight excluding hydrogens is 316 g/mol. The summed E-state index contributed by atoms with van der Waals surface area (Å²) in [6, 6.07) is 0. The minimum atomic E-state index is -0.177. The van der Waals surface area contributed by atoms with Gasteiger partial charge in [-0.3, -0.25) is 4.99 Å². The van der Waals surface area contributed by atoms with Crippen LogP contribution in [0.3, 0.4) is 0 Å². The fraction of sp³-hybridized carbons (Fsp3) is 0.737. The van der Waals surface area contributed by atoms with Crippen LogP contribution in [0.4, 0.5) is 5.95 Å². The molecule has 1 aromatic rings. The summed E-state index contributed by atoms with van der Waals surface area (Å²) in [6.45, 7) is 9.78. The molecule has 2 aliphatic heterocycles. The summed E-state index contributed by atoms with van der Waals surface area (Å²) in [4.78, 5) is 13.5. The summed E-state index contributed by atoms with van der Waals surface area (Å²) in [5, 5.41) is 3.34. The van der Waals surface area contributed by atoms with E-state index in [2.05, 4.69) is 36.1 Å². The van der Waals surface area contributed by atoms with Crippen LogP contribution in [0.5, 0.6) is 0 Å². The lowest BCUT2D eigenvalue weighted by Crippen LogP contribution is -2.30. The first-order valence-corrected chi connectivity index (χ1v) is 9.45. The summed E-state index contributed by atoms with van der Waals surface area (Å²) in [5.74, 6) is 2.44. The zero-order valence-electron chi connectivity index (χ0n) is 15.6. The Morgan fingerprint density at radius 3 is 2.48 bits per heavy atom. The Morgan fingerprint density at radius 2 is 1.88 bits per heavy atom. The minimum Gasteiger partial charge on any atom is -0.354 e. The van der Waals surface area contributed by atoms with Gasteiger partial charge in [-0.1, -0.05) is 20.8 Å². The second-order valence-corrected chi connectivity index (χ2v) is 7.39. The van der Waals surface area contributed by atoms with E-state index in [1.54, 1.807) is 0 Å². The molecular formula is C19H30N4O2. The molecule has 1 N–H and O–H groups in total. The smallest absolute Gasteiger partial charge is 0.222 e. The summed E-state index contributed by atoms with van der Waals surface area (Å²) < 4.78 is 11.1. The molecule has 1 aromatic heterocycles. The van der Waals surface area contributed by atoms with Crippen LogP contribution in [0.15, 0.2) is 17.4 Å². The van der Waals surface area contributed by atoms with E-state index in [1.165, 1.54) is 12.0 Å². The Kier molecular flexibility index (Phi) is 6.37. The number of anilines is 1. The van der Waals surface area contributed by atoms with Gasteiger partial charge < -0.3 is 14.8 Å². The lowest BCUT2D eigenvalue weighted by atomic mass is 9.85. The molecule has 1 saturated heterocycles. The van der Waals surface area contributed by atoms with Gasteiger partial charge in [-0.15, -0.1) is 0 Å². The van der Waals surface area contributed by atoms with E-state index in [4.69, 9.17) is 14.5 Å². The van der Waals surface area contributed by atoms with Gasteiger partial charge in [0.05, 0.1) is 18.9 Å². The van der Waals surface area contributed by atoms with Gasteiger partial charge in [-0.05, 0) is 42.6 Å². The molecule has 2 unspecified atom stereocenters. The SMILES string of the molecule is CC(C)c1cnc(NCCC(C)C2CCC(C3OCCO3)=NC2)nc1. The van der Waals surface area contributed by atoms with Gasteiger partial charge in [0.1, 0.15) is 0 Å². The molecule has 138 valence electrons. The number of ether oxygens (including phenoxy) is 2. The molecule has 0 aromatic carbocycles. The van der Waals surface area contributed by atoms with Gasteiger partial charge in [0.15, 0.2) is 6.29 Å². The summed E-state index contributed by atoms with van der Waals surface area (Å²) in [7, 11) is 0. The first-order chi connectivity index (χ1) is 12.1. The summed E-state index contributed by atoms with van der Waals surface area (Å²) in [5.41, 5.74) is 2.27. The van der Waals surface area contributed by atoms with Crippen molar-refractivity contribution >= 4 is 11.7 Å². The molecule has 6 nitrogen and oxygen atoms in total. The third-order valence-electron chi connectivity index (χ3n) is 5.22. The topological polar surface area (TPSA) is 68.6 Å². The highest BCUT2D eigenvalue weighted by Crippen LogP contribution is 2.26. The fourth-order valence-electron chi connectivity index (χ4n) is 3.32. The van der Waals surface area contributed by atoms with Crippen LogP contribution < -0.4 is 5.32 Å². The number of rotatable bonds is 7. The summed E-state index contributed by atoms with van der Waals surface area (Å²) in [6.07, 6.45) is 6.91. The lowest BCUT2D eigenvalue weighted by molar-refractivity contribution is 0.0119. The molecule has 0 spiro atoms. The Hall–Kier alpha value is -1.53. The quantitative estimate of drug-likeness (QED) is 0.821. The van der Waals surface area contributed by atoms with Crippen LogP contribution >= 0.6 is 0 Å². The monoisotopic (exact) mass is 346 g/mol. The molecule has 25 heavy (non-hydrogen) atoms. The van der Waals surface area contributed by atoms with Crippen molar-refractivity contribution in [1.29, 1.82) is 0 Å². The molecule has 6 heteroatoms. The highest BCUT2D eigenvalue weighted by Gasteiger charge is 2.28. The van der Waals surface area contributed by atoms with Crippen LogP contribution in [0.1, 0.15) is 51.5 Å².